The first-order valence-electron chi connectivity index (χ1n) is 11.9. The number of ether oxygens (including phenoxy) is 1. The molecule has 1 N–H and O–H groups in total. The number of carbonyl (C=O) groups excluding carboxylic acids is 2. The van der Waals surface area contributed by atoms with E-state index in [1.54, 1.807) is 36.1 Å². The van der Waals surface area contributed by atoms with Crippen LogP contribution in [0.25, 0.3) is 0 Å². The fourth-order valence-corrected chi connectivity index (χ4v) is 4.76. The number of hydrogen-bond acceptors (Lipinski definition) is 5. The predicted octanol–water partition coefficient (Wildman–Crippen LogP) is 3.49. The van der Waals surface area contributed by atoms with Crippen LogP contribution in [0.1, 0.15) is 44.7 Å². The lowest BCUT2D eigenvalue weighted by Crippen LogP contribution is -2.47. The number of rotatable bonds is 13. The van der Waals surface area contributed by atoms with Gasteiger partial charge >= 0.3 is 0 Å². The van der Waals surface area contributed by atoms with Crippen molar-refractivity contribution in [2.24, 2.45) is 0 Å². The number of nitrogens with zero attached hydrogens (tertiary/aromatic N) is 2. The SMILES string of the molecule is CCNC(=O)[C@H](C)N(Cc1cccc(C)c1)C(=O)CCCN(c1ccc(OCC)cc1)S(C)(=O)=O. The van der Waals surface area contributed by atoms with Crippen molar-refractivity contribution in [3.63, 3.8) is 0 Å². The highest BCUT2D eigenvalue weighted by atomic mass is 32.2. The standard InChI is InChI=1S/C26H37N3O5S/c1-6-27-26(31)21(4)28(19-22-11-8-10-20(3)18-22)25(30)12-9-17-29(35(5,32)33)23-13-15-24(16-14-23)34-7-2/h8,10-11,13-16,18,21H,6-7,9,12,17,19H2,1-5H3,(H,27,31)/t21-/m0/s1. The Hall–Kier alpha value is -3.07. The molecule has 2 aromatic carbocycles. The molecule has 0 saturated heterocycles. The molecule has 0 heterocycles. The van der Waals surface area contributed by atoms with Gasteiger partial charge in [0.15, 0.2) is 0 Å². The maximum atomic E-state index is 13.2. The average molecular weight is 504 g/mol. The molecule has 2 rings (SSSR count). The maximum absolute atomic E-state index is 13.2. The van der Waals surface area contributed by atoms with Gasteiger partial charge in [-0.25, -0.2) is 8.42 Å². The minimum Gasteiger partial charge on any atom is -0.494 e. The molecule has 8 nitrogen and oxygen atoms in total. The summed E-state index contributed by atoms with van der Waals surface area (Å²) in [5.41, 5.74) is 2.51. The zero-order valence-corrected chi connectivity index (χ0v) is 22.1. The number of benzene rings is 2. The number of nitrogens with one attached hydrogen (secondary N) is 1. The second kappa shape index (κ2) is 13.1. The van der Waals surface area contributed by atoms with Crippen molar-refractivity contribution in [1.29, 1.82) is 0 Å². The fraction of sp³-hybridized carbons (Fsp3) is 0.462. The highest BCUT2D eigenvalue weighted by Gasteiger charge is 2.26. The molecule has 35 heavy (non-hydrogen) atoms. The number of hydrogen-bond donors (Lipinski definition) is 1. The summed E-state index contributed by atoms with van der Waals surface area (Å²) in [6, 6.07) is 14.0. The molecule has 0 radical (unpaired) electrons. The maximum Gasteiger partial charge on any atom is 0.242 e. The molecule has 0 aliphatic heterocycles. The van der Waals surface area contributed by atoms with Gasteiger partial charge in [-0.1, -0.05) is 29.8 Å². The molecule has 0 saturated carbocycles. The van der Waals surface area contributed by atoms with E-state index >= 15 is 0 Å². The Balaban J connectivity index is 2.14. The topological polar surface area (TPSA) is 96.0 Å². The summed E-state index contributed by atoms with van der Waals surface area (Å²) in [6.45, 7) is 8.83. The van der Waals surface area contributed by atoms with Crippen LogP contribution in [-0.2, 0) is 26.2 Å². The quantitative estimate of drug-likeness (QED) is 0.451. The van der Waals surface area contributed by atoms with Crippen LogP contribution in [0, 0.1) is 6.92 Å². The molecule has 0 unspecified atom stereocenters. The second-order valence-corrected chi connectivity index (χ2v) is 10.4. The van der Waals surface area contributed by atoms with Crippen molar-refractivity contribution in [3.05, 3.63) is 59.7 Å². The minimum absolute atomic E-state index is 0.110. The van der Waals surface area contributed by atoms with Crippen LogP contribution in [0.4, 0.5) is 5.69 Å². The number of amides is 2. The lowest BCUT2D eigenvalue weighted by molar-refractivity contribution is -0.140. The third kappa shape index (κ3) is 8.58. The molecule has 0 bridgehead atoms. The highest BCUT2D eigenvalue weighted by molar-refractivity contribution is 7.92. The second-order valence-electron chi connectivity index (χ2n) is 8.45. The summed E-state index contributed by atoms with van der Waals surface area (Å²) < 4.78 is 31.6. The van der Waals surface area contributed by atoms with Crippen LogP contribution in [0.5, 0.6) is 5.75 Å². The lowest BCUT2D eigenvalue weighted by atomic mass is 10.1. The van der Waals surface area contributed by atoms with Gasteiger partial charge in [-0.3, -0.25) is 13.9 Å². The third-order valence-electron chi connectivity index (χ3n) is 5.54. The first-order chi connectivity index (χ1) is 16.6. The largest absolute Gasteiger partial charge is 0.494 e. The summed E-state index contributed by atoms with van der Waals surface area (Å²) in [6.07, 6.45) is 1.57. The van der Waals surface area contributed by atoms with Crippen molar-refractivity contribution in [2.75, 3.05) is 30.3 Å². The lowest BCUT2D eigenvalue weighted by Gasteiger charge is -2.29. The van der Waals surface area contributed by atoms with E-state index in [9.17, 15) is 18.0 Å². The Morgan fingerprint density at radius 2 is 1.77 bits per heavy atom. The third-order valence-corrected chi connectivity index (χ3v) is 6.74. The van der Waals surface area contributed by atoms with Crippen LogP contribution in [0.2, 0.25) is 0 Å². The molecular weight excluding hydrogens is 466 g/mol. The van der Waals surface area contributed by atoms with Crippen LogP contribution >= 0.6 is 0 Å². The van der Waals surface area contributed by atoms with Crippen LogP contribution in [0.3, 0.4) is 0 Å². The van der Waals surface area contributed by atoms with E-state index in [4.69, 9.17) is 4.74 Å². The number of sulfonamides is 1. The van der Waals surface area contributed by atoms with Gasteiger partial charge in [0, 0.05) is 26.1 Å². The monoisotopic (exact) mass is 503 g/mol. The Labute approximate surface area is 209 Å². The number of carbonyl (C=O) groups is 2. The molecule has 2 amide bonds. The van der Waals surface area contributed by atoms with Gasteiger partial charge in [0.1, 0.15) is 11.8 Å². The van der Waals surface area contributed by atoms with E-state index in [-0.39, 0.29) is 24.8 Å². The molecule has 0 spiro atoms. The van der Waals surface area contributed by atoms with Crippen molar-refractivity contribution < 1.29 is 22.7 Å². The summed E-state index contributed by atoms with van der Waals surface area (Å²) in [4.78, 5) is 27.3. The smallest absolute Gasteiger partial charge is 0.242 e. The van der Waals surface area contributed by atoms with Gasteiger partial charge in [0.2, 0.25) is 21.8 Å². The predicted molar refractivity (Wildman–Crippen MR) is 139 cm³/mol. The molecular formula is C26H37N3O5S. The highest BCUT2D eigenvalue weighted by Crippen LogP contribution is 2.22. The fourth-order valence-electron chi connectivity index (χ4n) is 3.79. The molecule has 1 atom stereocenters. The van der Waals surface area contributed by atoms with E-state index < -0.39 is 16.1 Å². The van der Waals surface area contributed by atoms with E-state index in [1.165, 1.54) is 4.31 Å². The van der Waals surface area contributed by atoms with Gasteiger partial charge in [-0.2, -0.15) is 0 Å². The van der Waals surface area contributed by atoms with Gasteiger partial charge in [-0.15, -0.1) is 0 Å². The van der Waals surface area contributed by atoms with Crippen LogP contribution in [0.15, 0.2) is 48.5 Å². The number of aryl methyl sites for hydroxylation is 1. The summed E-state index contributed by atoms with van der Waals surface area (Å²) >= 11 is 0. The van der Waals surface area contributed by atoms with Crippen molar-refractivity contribution >= 4 is 27.5 Å². The Kier molecular flexibility index (Phi) is 10.6. The van der Waals surface area contributed by atoms with Crippen LogP contribution in [-0.4, -0.2) is 57.1 Å². The first-order valence-corrected chi connectivity index (χ1v) is 13.7. The Bertz CT molecular complexity index is 1090. The summed E-state index contributed by atoms with van der Waals surface area (Å²) in [7, 11) is -3.55. The van der Waals surface area contributed by atoms with E-state index in [0.717, 1.165) is 17.4 Å². The van der Waals surface area contributed by atoms with Gasteiger partial charge in [0.05, 0.1) is 18.6 Å². The normalized spacial score (nSPS) is 12.0. The van der Waals surface area contributed by atoms with Crippen molar-refractivity contribution in [1.82, 2.24) is 10.2 Å². The molecule has 0 fully saturated rings. The Morgan fingerprint density at radius 3 is 2.34 bits per heavy atom. The number of anilines is 1. The minimum atomic E-state index is -3.55. The van der Waals surface area contributed by atoms with Gasteiger partial charge < -0.3 is 15.0 Å². The zero-order chi connectivity index (χ0) is 26.0. The Morgan fingerprint density at radius 1 is 1.09 bits per heavy atom. The molecule has 2 aromatic rings. The number of likely N-dealkylation sites (N-methyl/N-ethyl adjacent to an activating group) is 1. The molecule has 9 heteroatoms. The summed E-state index contributed by atoms with van der Waals surface area (Å²) in [5, 5.41) is 2.78. The zero-order valence-electron chi connectivity index (χ0n) is 21.3. The van der Waals surface area contributed by atoms with Crippen LogP contribution < -0.4 is 14.4 Å². The van der Waals surface area contributed by atoms with Crippen molar-refractivity contribution in [2.45, 2.75) is 53.1 Å². The molecule has 0 aliphatic rings. The summed E-state index contributed by atoms with van der Waals surface area (Å²) in [5.74, 6) is 0.233. The molecule has 192 valence electrons. The van der Waals surface area contributed by atoms with Gasteiger partial charge in [-0.05, 0) is 63.9 Å². The molecule has 0 aromatic heterocycles. The van der Waals surface area contributed by atoms with E-state index in [0.29, 0.717) is 37.6 Å². The first kappa shape index (κ1) is 28.2. The van der Waals surface area contributed by atoms with Crippen molar-refractivity contribution in [3.8, 4) is 5.75 Å². The van der Waals surface area contributed by atoms with Gasteiger partial charge in [0.25, 0.3) is 0 Å². The average Bonchev–Trinajstić information content (AvgIpc) is 2.80. The van der Waals surface area contributed by atoms with E-state index in [1.807, 2.05) is 45.0 Å². The van der Waals surface area contributed by atoms with E-state index in [2.05, 4.69) is 5.32 Å². The molecule has 0 aliphatic carbocycles.